The number of fused-ring (bicyclic) bond motifs is 2. The Bertz CT molecular complexity index is 2040. The van der Waals surface area contributed by atoms with Gasteiger partial charge in [-0.1, -0.05) is 27.7 Å². The molecule has 4 aromatic heterocycles. The molecule has 0 spiro atoms. The Morgan fingerprint density at radius 3 is 1.62 bits per heavy atom. The molecule has 18 nitrogen and oxygen atoms in total. The number of hydrogen-bond donors (Lipinski definition) is 1. The molecule has 0 aromatic carbocycles. The third-order valence-electron chi connectivity index (χ3n) is 9.31. The maximum Gasteiger partial charge on any atom is 0.410 e. The number of ether oxygens (including phenoxy) is 4. The van der Waals surface area contributed by atoms with E-state index in [0.717, 1.165) is 66.0 Å². The normalized spacial score (nSPS) is 16.7. The molecule has 19 heteroatoms. The minimum atomic E-state index is -0.514. The van der Waals surface area contributed by atoms with Crippen LogP contribution in [0.5, 0.6) is 11.8 Å². The Morgan fingerprint density at radius 1 is 0.770 bits per heavy atom. The molecule has 2 amide bonds. The molecule has 6 heterocycles. The predicted octanol–water partition coefficient (Wildman–Crippen LogP) is 7.03. The van der Waals surface area contributed by atoms with Gasteiger partial charge in [-0.15, -0.1) is 0 Å². The molecule has 2 fully saturated rings. The van der Waals surface area contributed by atoms with Gasteiger partial charge in [-0.3, -0.25) is 4.57 Å². The smallest absolute Gasteiger partial charge is 0.410 e. The van der Waals surface area contributed by atoms with Gasteiger partial charge in [0.15, 0.2) is 26.2 Å². The quantitative estimate of drug-likeness (QED) is 0.120. The van der Waals surface area contributed by atoms with Gasteiger partial charge in [0, 0.05) is 75.2 Å². The molecule has 6 rings (SSSR count). The van der Waals surface area contributed by atoms with Crippen molar-refractivity contribution in [3.05, 3.63) is 16.5 Å². The van der Waals surface area contributed by atoms with Crippen molar-refractivity contribution in [2.24, 2.45) is 11.8 Å². The molecule has 0 aliphatic carbocycles. The lowest BCUT2D eigenvalue weighted by Crippen LogP contribution is -2.36. The highest BCUT2D eigenvalue weighted by atomic mass is 127. The first-order valence-electron chi connectivity index (χ1n) is 21.4. The van der Waals surface area contributed by atoms with Crippen LogP contribution in [0.15, 0.2) is 12.7 Å². The van der Waals surface area contributed by atoms with Crippen LogP contribution in [0.3, 0.4) is 0 Å². The number of aromatic nitrogens is 8. The first kappa shape index (κ1) is 49.4. The summed E-state index contributed by atoms with van der Waals surface area (Å²) in [4.78, 5) is 56.7. The van der Waals surface area contributed by atoms with Crippen LogP contribution < -0.4 is 19.7 Å². The second-order valence-electron chi connectivity index (χ2n) is 18.1. The van der Waals surface area contributed by atoms with Crippen molar-refractivity contribution in [2.45, 2.75) is 132 Å². The highest BCUT2D eigenvalue weighted by molar-refractivity contribution is 14.1. The standard InChI is InChI=1S/C21H34N6O3.C16H22IN5O3.C5H13N/c1-8-27-17-16(24-19(27)25(7)11-14(2)3)18(23-13-22-17)29-15-9-10-26(12-15)20(28)30-21(4,5)6;1-5-22-12-11(20-14(22)17)13(19-9-18-12)24-10-6-7-21(8-10)15(23)25-16(2,3)4;1-5(2)4-6-3/h13-15H,8-12H2,1-7H3;9-10H,5-8H2,1-4H3;5-6H,4H2,1-3H3/t15-;10-;/m00./s1. The van der Waals surface area contributed by atoms with Crippen LogP contribution >= 0.6 is 22.6 Å². The van der Waals surface area contributed by atoms with Gasteiger partial charge in [-0.2, -0.15) is 9.97 Å². The minimum Gasteiger partial charge on any atom is -0.471 e. The average Bonchev–Trinajstić information content (AvgIpc) is 3.96. The Kier molecular flexibility index (Phi) is 17.6. The number of nitrogens with one attached hydrogen (secondary N) is 1. The number of carbonyl (C=O) groups is 2. The molecule has 61 heavy (non-hydrogen) atoms. The van der Waals surface area contributed by atoms with E-state index in [9.17, 15) is 9.59 Å². The van der Waals surface area contributed by atoms with Gasteiger partial charge in [0.25, 0.3) is 0 Å². The number of rotatable bonds is 11. The van der Waals surface area contributed by atoms with E-state index in [1.807, 2.05) is 67.1 Å². The van der Waals surface area contributed by atoms with E-state index >= 15 is 0 Å². The van der Waals surface area contributed by atoms with Gasteiger partial charge in [0.1, 0.15) is 36.1 Å². The third-order valence-corrected chi connectivity index (χ3v) is 10.1. The molecule has 0 bridgehead atoms. The number of hydrogen-bond acceptors (Lipinski definition) is 14. The number of amides is 2. The van der Waals surface area contributed by atoms with Gasteiger partial charge in [-0.25, -0.2) is 29.5 Å². The fourth-order valence-corrected chi connectivity index (χ4v) is 7.63. The Balaban J connectivity index is 0.000000240. The Labute approximate surface area is 375 Å². The van der Waals surface area contributed by atoms with Crippen molar-refractivity contribution < 1.29 is 28.5 Å². The Hall–Kier alpha value is -4.27. The Morgan fingerprint density at radius 2 is 1.23 bits per heavy atom. The number of nitrogens with zero attached hydrogens (tertiary/aromatic N) is 11. The molecule has 2 saturated heterocycles. The van der Waals surface area contributed by atoms with Crippen molar-refractivity contribution in [3.63, 3.8) is 0 Å². The number of anilines is 1. The predicted molar refractivity (Wildman–Crippen MR) is 245 cm³/mol. The summed E-state index contributed by atoms with van der Waals surface area (Å²) < 4.78 is 28.0. The van der Waals surface area contributed by atoms with Gasteiger partial charge in [0.2, 0.25) is 17.7 Å². The van der Waals surface area contributed by atoms with Crippen LogP contribution in [0.1, 0.15) is 95.9 Å². The highest BCUT2D eigenvalue weighted by Crippen LogP contribution is 2.29. The number of halogens is 1. The van der Waals surface area contributed by atoms with E-state index in [4.69, 9.17) is 23.9 Å². The lowest BCUT2D eigenvalue weighted by Gasteiger charge is -2.24. The molecule has 0 saturated carbocycles. The number of aryl methyl sites for hydroxylation is 2. The van der Waals surface area contributed by atoms with E-state index in [2.05, 4.69) is 96.9 Å². The number of likely N-dealkylation sites (tertiary alicyclic amines) is 2. The fraction of sp³-hybridized carbons (Fsp3) is 0.714. The van der Waals surface area contributed by atoms with Crippen LogP contribution in [-0.2, 0) is 22.6 Å². The van der Waals surface area contributed by atoms with Crippen molar-refractivity contribution in [1.29, 1.82) is 0 Å². The number of imidazole rings is 2. The number of carbonyl (C=O) groups excluding carboxylic acids is 2. The second kappa shape index (κ2) is 21.7. The van der Waals surface area contributed by atoms with Gasteiger partial charge < -0.3 is 43.5 Å². The molecule has 2 atom stereocenters. The summed E-state index contributed by atoms with van der Waals surface area (Å²) in [6, 6.07) is 0. The van der Waals surface area contributed by atoms with Gasteiger partial charge >= 0.3 is 12.2 Å². The SMILES string of the molecule is CCn1c(I)nc2c(O[C@H]3CCN(C(=O)OC(C)(C)C)C3)ncnc21.CCn1c(N(C)CC(C)C)nc2c(O[C@H]3CCN(C(=O)OC(C)(C)C)C3)ncnc21.CNCC(C)C. The molecule has 2 aliphatic rings. The van der Waals surface area contributed by atoms with Crippen molar-refractivity contribution in [2.75, 3.05) is 58.3 Å². The molecular formula is C42H69IN12O6. The molecule has 4 aromatic rings. The highest BCUT2D eigenvalue weighted by Gasteiger charge is 2.33. The molecule has 1 N–H and O–H groups in total. The molecular weight excluding hydrogens is 895 g/mol. The second-order valence-corrected chi connectivity index (χ2v) is 19.1. The zero-order valence-corrected chi connectivity index (χ0v) is 40.9. The molecule has 2 aliphatic heterocycles. The molecule has 0 radical (unpaired) electrons. The van der Waals surface area contributed by atoms with E-state index in [-0.39, 0.29) is 24.4 Å². The zero-order chi connectivity index (χ0) is 45.2. The van der Waals surface area contributed by atoms with Crippen LogP contribution in [-0.4, -0.2) is 138 Å². The zero-order valence-electron chi connectivity index (χ0n) is 38.8. The van der Waals surface area contributed by atoms with Crippen molar-refractivity contribution >= 4 is 63.1 Å². The van der Waals surface area contributed by atoms with Crippen LogP contribution in [0, 0.1) is 15.7 Å². The van der Waals surface area contributed by atoms with Crippen LogP contribution in [0.2, 0.25) is 0 Å². The molecule has 0 unspecified atom stereocenters. The topological polar surface area (TPSA) is 180 Å². The summed E-state index contributed by atoms with van der Waals surface area (Å²) in [6.07, 6.45) is 3.55. The fourth-order valence-electron chi connectivity index (χ4n) is 6.82. The monoisotopic (exact) mass is 964 g/mol. The maximum atomic E-state index is 12.3. The third kappa shape index (κ3) is 14.1. The summed E-state index contributed by atoms with van der Waals surface area (Å²) in [5.41, 5.74) is 1.82. The lowest BCUT2D eigenvalue weighted by molar-refractivity contribution is 0.0265. The van der Waals surface area contributed by atoms with E-state index in [1.165, 1.54) is 12.7 Å². The van der Waals surface area contributed by atoms with E-state index in [1.54, 1.807) is 9.80 Å². The summed E-state index contributed by atoms with van der Waals surface area (Å²) >= 11 is 2.18. The average molecular weight is 965 g/mol. The lowest BCUT2D eigenvalue weighted by atomic mass is 10.2. The first-order chi connectivity index (χ1) is 28.6. The summed E-state index contributed by atoms with van der Waals surface area (Å²) in [7, 11) is 4.01. The summed E-state index contributed by atoms with van der Waals surface area (Å²) in [6.45, 7) is 29.7. The van der Waals surface area contributed by atoms with Crippen molar-refractivity contribution in [1.82, 2.24) is 54.2 Å². The first-order valence-corrected chi connectivity index (χ1v) is 22.4. The summed E-state index contributed by atoms with van der Waals surface area (Å²) in [5, 5.41) is 3.07. The van der Waals surface area contributed by atoms with Gasteiger partial charge in [-0.05, 0) is 80.8 Å². The van der Waals surface area contributed by atoms with Crippen LogP contribution in [0.25, 0.3) is 22.3 Å². The van der Waals surface area contributed by atoms with Crippen molar-refractivity contribution in [3.8, 4) is 11.8 Å². The molecule has 340 valence electrons. The van der Waals surface area contributed by atoms with E-state index in [0.29, 0.717) is 54.9 Å². The van der Waals surface area contributed by atoms with Crippen LogP contribution in [0.4, 0.5) is 15.5 Å². The summed E-state index contributed by atoms with van der Waals surface area (Å²) in [5.74, 6) is 3.08. The van der Waals surface area contributed by atoms with E-state index < -0.39 is 11.2 Å². The maximum absolute atomic E-state index is 12.3. The van der Waals surface area contributed by atoms with Gasteiger partial charge in [0.05, 0.1) is 13.1 Å². The minimum absolute atomic E-state index is 0.130. The largest absolute Gasteiger partial charge is 0.471 e.